The lowest BCUT2D eigenvalue weighted by atomic mass is 9.97. The highest BCUT2D eigenvalue weighted by Crippen LogP contribution is 2.22. The van der Waals surface area contributed by atoms with Gasteiger partial charge in [-0.2, -0.15) is 0 Å². The summed E-state index contributed by atoms with van der Waals surface area (Å²) < 4.78 is 11.1. The molecule has 0 bridgehead atoms. The Hall–Kier alpha value is -1.78. The summed E-state index contributed by atoms with van der Waals surface area (Å²) in [6.07, 6.45) is 0.898. The second-order valence-corrected chi connectivity index (χ2v) is 5.24. The zero-order chi connectivity index (χ0) is 13.2. The number of hydrogen-bond acceptors (Lipinski definition) is 5. The quantitative estimate of drug-likeness (QED) is 0.901. The minimum atomic E-state index is -0.132. The summed E-state index contributed by atoms with van der Waals surface area (Å²) in [5.74, 6) is 2.47. The molecule has 98 valence electrons. The minimum absolute atomic E-state index is 0.132. The molecule has 0 aliphatic rings. The Morgan fingerprint density at radius 2 is 1.83 bits per heavy atom. The number of rotatable bonds is 4. The smallest absolute Gasteiger partial charge is 0.315 e. The van der Waals surface area contributed by atoms with E-state index in [-0.39, 0.29) is 5.41 Å². The van der Waals surface area contributed by atoms with E-state index in [2.05, 4.69) is 22.4 Å². The second-order valence-electron chi connectivity index (χ2n) is 5.24. The molecular weight excluding hydrogens is 230 g/mol. The number of furan rings is 1. The van der Waals surface area contributed by atoms with Crippen LogP contribution in [-0.4, -0.2) is 10.2 Å². The van der Waals surface area contributed by atoms with Gasteiger partial charge in [-0.15, -0.1) is 5.10 Å². The fourth-order valence-electron chi connectivity index (χ4n) is 1.47. The summed E-state index contributed by atoms with van der Waals surface area (Å²) in [7, 11) is 0. The van der Waals surface area contributed by atoms with Gasteiger partial charge >= 0.3 is 6.01 Å². The van der Waals surface area contributed by atoms with Crippen LogP contribution >= 0.6 is 0 Å². The third kappa shape index (κ3) is 2.91. The number of nitrogens with one attached hydrogen (secondary N) is 1. The zero-order valence-corrected chi connectivity index (χ0v) is 11.3. The van der Waals surface area contributed by atoms with Crippen LogP contribution in [0.25, 0.3) is 0 Å². The molecule has 5 heteroatoms. The maximum absolute atomic E-state index is 5.58. The van der Waals surface area contributed by atoms with Crippen LogP contribution in [0.1, 0.15) is 45.1 Å². The van der Waals surface area contributed by atoms with Crippen molar-refractivity contribution in [1.29, 1.82) is 0 Å². The van der Waals surface area contributed by atoms with Gasteiger partial charge in [-0.05, 0) is 12.1 Å². The van der Waals surface area contributed by atoms with Gasteiger partial charge < -0.3 is 14.2 Å². The molecule has 0 unspecified atom stereocenters. The Labute approximate surface area is 107 Å². The third-order valence-corrected chi connectivity index (χ3v) is 2.55. The summed E-state index contributed by atoms with van der Waals surface area (Å²) in [5.41, 5.74) is -0.132. The van der Waals surface area contributed by atoms with E-state index in [0.29, 0.717) is 18.5 Å². The van der Waals surface area contributed by atoms with Gasteiger partial charge in [-0.1, -0.05) is 32.8 Å². The fourth-order valence-corrected chi connectivity index (χ4v) is 1.47. The van der Waals surface area contributed by atoms with Crippen molar-refractivity contribution in [3.05, 3.63) is 29.5 Å². The molecule has 0 saturated heterocycles. The third-order valence-electron chi connectivity index (χ3n) is 2.55. The zero-order valence-electron chi connectivity index (χ0n) is 11.3. The van der Waals surface area contributed by atoms with Gasteiger partial charge in [0.1, 0.15) is 11.5 Å². The monoisotopic (exact) mass is 249 g/mol. The van der Waals surface area contributed by atoms with Crippen molar-refractivity contribution in [2.75, 3.05) is 5.32 Å². The van der Waals surface area contributed by atoms with Crippen molar-refractivity contribution in [2.24, 2.45) is 0 Å². The summed E-state index contributed by atoms with van der Waals surface area (Å²) in [5, 5.41) is 11.0. The van der Waals surface area contributed by atoms with Gasteiger partial charge in [0, 0.05) is 11.8 Å². The summed E-state index contributed by atoms with van der Waals surface area (Å²) >= 11 is 0. The second kappa shape index (κ2) is 4.84. The summed E-state index contributed by atoms with van der Waals surface area (Å²) in [4.78, 5) is 0. The van der Waals surface area contributed by atoms with E-state index in [9.17, 15) is 0 Å². The maximum atomic E-state index is 5.58. The Kier molecular flexibility index (Phi) is 3.41. The van der Waals surface area contributed by atoms with Crippen LogP contribution < -0.4 is 5.32 Å². The van der Waals surface area contributed by atoms with E-state index in [4.69, 9.17) is 8.83 Å². The van der Waals surface area contributed by atoms with Gasteiger partial charge in [0.05, 0.1) is 6.54 Å². The van der Waals surface area contributed by atoms with E-state index in [1.807, 2.05) is 32.9 Å². The molecule has 0 amide bonds. The lowest BCUT2D eigenvalue weighted by molar-refractivity contribution is 0.398. The van der Waals surface area contributed by atoms with Crippen LogP contribution in [0.2, 0.25) is 0 Å². The van der Waals surface area contributed by atoms with E-state index in [1.165, 1.54) is 0 Å². The molecule has 0 spiro atoms. The van der Waals surface area contributed by atoms with Crippen molar-refractivity contribution in [1.82, 2.24) is 10.2 Å². The van der Waals surface area contributed by atoms with E-state index in [1.54, 1.807) is 0 Å². The predicted octanol–water partition coefficient (Wildman–Crippen LogP) is 3.13. The first-order valence-corrected chi connectivity index (χ1v) is 6.14. The first-order valence-electron chi connectivity index (χ1n) is 6.14. The molecule has 2 aromatic heterocycles. The van der Waals surface area contributed by atoms with Gasteiger partial charge in [-0.3, -0.25) is 0 Å². The van der Waals surface area contributed by atoms with Crippen molar-refractivity contribution in [3.63, 3.8) is 0 Å². The number of nitrogens with zero attached hydrogens (tertiary/aromatic N) is 2. The molecular formula is C13H19N3O2. The summed E-state index contributed by atoms with van der Waals surface area (Å²) in [6, 6.07) is 4.35. The Balaban J connectivity index is 1.96. The molecule has 0 aliphatic heterocycles. The van der Waals surface area contributed by atoms with Crippen molar-refractivity contribution >= 4 is 6.01 Å². The van der Waals surface area contributed by atoms with Gasteiger partial charge in [-0.25, -0.2) is 0 Å². The van der Waals surface area contributed by atoms with Crippen molar-refractivity contribution in [2.45, 2.75) is 46.1 Å². The lowest BCUT2D eigenvalue weighted by Crippen LogP contribution is -2.11. The molecule has 0 aromatic carbocycles. The first-order chi connectivity index (χ1) is 8.49. The van der Waals surface area contributed by atoms with Crippen LogP contribution in [0.5, 0.6) is 0 Å². The molecule has 1 N–H and O–H groups in total. The molecule has 2 rings (SSSR count). The van der Waals surface area contributed by atoms with Gasteiger partial charge in [0.2, 0.25) is 5.89 Å². The first kappa shape index (κ1) is 12.7. The minimum Gasteiger partial charge on any atom is -0.464 e. The number of hydrogen-bond donors (Lipinski definition) is 1. The standard InChI is InChI=1S/C13H19N3O2/c1-5-9-6-7-10(17-9)8-14-12-16-15-11(18-12)13(2,3)4/h6-7H,5,8H2,1-4H3,(H,14,16). The van der Waals surface area contributed by atoms with Gasteiger partial charge in [0.25, 0.3) is 0 Å². The number of aryl methyl sites for hydroxylation is 1. The molecule has 2 heterocycles. The highest BCUT2D eigenvalue weighted by molar-refractivity contribution is 5.20. The average molecular weight is 249 g/mol. The Morgan fingerprint density at radius 3 is 2.39 bits per heavy atom. The Morgan fingerprint density at radius 1 is 1.11 bits per heavy atom. The van der Waals surface area contributed by atoms with Crippen molar-refractivity contribution in [3.8, 4) is 0 Å². The van der Waals surface area contributed by atoms with Crippen LogP contribution in [0, 0.1) is 0 Å². The Bertz CT molecular complexity index is 508. The van der Waals surface area contributed by atoms with E-state index >= 15 is 0 Å². The van der Waals surface area contributed by atoms with E-state index in [0.717, 1.165) is 17.9 Å². The molecule has 0 radical (unpaired) electrons. The molecule has 0 atom stereocenters. The van der Waals surface area contributed by atoms with E-state index < -0.39 is 0 Å². The molecule has 2 aromatic rings. The maximum Gasteiger partial charge on any atom is 0.315 e. The largest absolute Gasteiger partial charge is 0.464 e. The van der Waals surface area contributed by atoms with Crippen LogP contribution in [0.15, 0.2) is 21.0 Å². The SMILES string of the molecule is CCc1ccc(CNc2nnc(C(C)(C)C)o2)o1. The molecule has 0 fully saturated rings. The molecule has 0 saturated carbocycles. The number of anilines is 1. The van der Waals surface area contributed by atoms with Crippen LogP contribution in [0.4, 0.5) is 6.01 Å². The molecule has 18 heavy (non-hydrogen) atoms. The predicted molar refractivity (Wildman–Crippen MR) is 68.4 cm³/mol. The fraction of sp³-hybridized carbons (Fsp3) is 0.538. The average Bonchev–Trinajstić information content (AvgIpc) is 2.94. The highest BCUT2D eigenvalue weighted by Gasteiger charge is 2.21. The van der Waals surface area contributed by atoms with Crippen LogP contribution in [-0.2, 0) is 18.4 Å². The lowest BCUT2D eigenvalue weighted by Gasteiger charge is -2.10. The highest BCUT2D eigenvalue weighted by atomic mass is 16.4. The molecule has 0 aliphatic carbocycles. The van der Waals surface area contributed by atoms with Crippen LogP contribution in [0.3, 0.4) is 0 Å². The molecule has 5 nitrogen and oxygen atoms in total. The number of aromatic nitrogens is 2. The summed E-state index contributed by atoms with van der Waals surface area (Å²) in [6.45, 7) is 8.70. The van der Waals surface area contributed by atoms with Gasteiger partial charge in [0.15, 0.2) is 0 Å². The topological polar surface area (TPSA) is 64.1 Å². The van der Waals surface area contributed by atoms with Crippen molar-refractivity contribution < 1.29 is 8.83 Å². The normalized spacial score (nSPS) is 11.8.